The first-order valence-corrected chi connectivity index (χ1v) is 6.74. The maximum atomic E-state index is 12.5. The molecule has 0 heterocycles. The number of hydrogen-bond acceptors (Lipinski definition) is 5. The lowest BCUT2D eigenvalue weighted by Crippen LogP contribution is -2.44. The van der Waals surface area contributed by atoms with Crippen LogP contribution in [0.3, 0.4) is 0 Å². The van der Waals surface area contributed by atoms with Gasteiger partial charge in [-0.25, -0.2) is 4.79 Å². The number of benzene rings is 1. The molecular formula is C15H17F2NO6. The highest BCUT2D eigenvalue weighted by atomic mass is 19.3. The Morgan fingerprint density at radius 1 is 1.42 bits per heavy atom. The summed E-state index contributed by atoms with van der Waals surface area (Å²) in [5.74, 6) is -2.83. The van der Waals surface area contributed by atoms with Crippen LogP contribution < -0.4 is 14.8 Å². The van der Waals surface area contributed by atoms with Crippen molar-refractivity contribution in [3.8, 4) is 11.5 Å². The van der Waals surface area contributed by atoms with Crippen molar-refractivity contribution in [2.45, 2.75) is 12.7 Å². The van der Waals surface area contributed by atoms with E-state index in [0.717, 1.165) is 0 Å². The molecule has 1 atom stereocenters. The van der Waals surface area contributed by atoms with Crippen LogP contribution in [0.25, 0.3) is 0 Å². The summed E-state index contributed by atoms with van der Waals surface area (Å²) in [6.45, 7) is 0.00493. The fraction of sp³-hybridized carbons (Fsp3) is 0.333. The summed E-state index contributed by atoms with van der Waals surface area (Å²) in [5, 5.41) is 11.3. The number of hydrogen-bond donors (Lipinski definition) is 2. The van der Waals surface area contributed by atoms with Gasteiger partial charge in [-0.2, -0.15) is 8.78 Å². The van der Waals surface area contributed by atoms with Crippen LogP contribution in [0.5, 0.6) is 11.5 Å². The molecule has 0 aromatic heterocycles. The summed E-state index contributed by atoms with van der Waals surface area (Å²) in [6.07, 6.45) is 1.41. The Hall–Kier alpha value is -2.68. The van der Waals surface area contributed by atoms with Crippen molar-refractivity contribution in [2.75, 3.05) is 20.3 Å². The second-order valence-electron chi connectivity index (χ2n) is 4.41. The number of aliphatic carboxylic acids is 1. The molecule has 7 nitrogen and oxygen atoms in total. The van der Waals surface area contributed by atoms with Crippen molar-refractivity contribution in [3.63, 3.8) is 0 Å². The van der Waals surface area contributed by atoms with Gasteiger partial charge in [-0.05, 0) is 12.1 Å². The van der Waals surface area contributed by atoms with Crippen LogP contribution >= 0.6 is 0 Å². The van der Waals surface area contributed by atoms with Crippen molar-refractivity contribution >= 4 is 11.9 Å². The molecule has 24 heavy (non-hydrogen) atoms. The van der Waals surface area contributed by atoms with Gasteiger partial charge in [0.15, 0.2) is 17.5 Å². The third-order valence-electron chi connectivity index (χ3n) is 2.77. The number of carbonyl (C=O) groups excluding carboxylic acids is 1. The van der Waals surface area contributed by atoms with Gasteiger partial charge in [0.2, 0.25) is 0 Å². The molecule has 0 bridgehead atoms. The minimum absolute atomic E-state index is 0.0854. The number of amides is 1. The zero-order chi connectivity index (χ0) is 18.1. The first kappa shape index (κ1) is 19.4. The summed E-state index contributed by atoms with van der Waals surface area (Å²) < 4.78 is 39.3. The molecule has 0 aliphatic rings. The highest BCUT2D eigenvalue weighted by Gasteiger charge is 2.25. The predicted octanol–water partition coefficient (Wildman–Crippen LogP) is 1.68. The van der Waals surface area contributed by atoms with E-state index < -0.39 is 30.3 Å². The molecular weight excluding hydrogens is 328 g/mol. The summed E-state index contributed by atoms with van der Waals surface area (Å²) >= 11 is 0. The largest absolute Gasteiger partial charge is 0.493 e. The maximum Gasteiger partial charge on any atom is 0.387 e. The molecule has 0 saturated heterocycles. The zero-order valence-corrected chi connectivity index (χ0v) is 12.8. The van der Waals surface area contributed by atoms with E-state index >= 15 is 0 Å². The minimum atomic E-state index is -3.18. The van der Waals surface area contributed by atoms with E-state index in [9.17, 15) is 18.4 Å². The molecule has 2 N–H and O–H groups in total. The van der Waals surface area contributed by atoms with Crippen LogP contribution in [0.4, 0.5) is 8.78 Å². The molecule has 1 amide bonds. The van der Waals surface area contributed by atoms with Crippen LogP contribution in [0.1, 0.15) is 10.4 Å². The standard InChI is InChI=1S/C15H17F2NO6/c1-3-7-23-8-10(14(20)21)18-13(19)9-5-4-6-11(22-2)12(9)24-15(16)17/h3-6,10,15H,1,7-8H2,2H3,(H,18,19)(H,20,21). The van der Waals surface area contributed by atoms with Crippen LogP contribution in [-0.4, -0.2) is 50.0 Å². The SMILES string of the molecule is C=CCOCC(NC(=O)c1cccc(OC)c1OC(F)F)C(=O)O. The number of carbonyl (C=O) groups is 2. The maximum absolute atomic E-state index is 12.5. The summed E-state index contributed by atoms with van der Waals surface area (Å²) in [7, 11) is 1.22. The molecule has 0 saturated carbocycles. The number of rotatable bonds is 10. The Balaban J connectivity index is 2.99. The van der Waals surface area contributed by atoms with Crippen molar-refractivity contribution in [1.29, 1.82) is 0 Å². The lowest BCUT2D eigenvalue weighted by atomic mass is 10.1. The molecule has 1 rings (SSSR count). The van der Waals surface area contributed by atoms with Gasteiger partial charge in [0, 0.05) is 0 Å². The average molecular weight is 345 g/mol. The highest BCUT2D eigenvalue weighted by molar-refractivity contribution is 5.99. The summed E-state index contributed by atoms with van der Waals surface area (Å²) in [6, 6.07) is 2.55. The van der Waals surface area contributed by atoms with Gasteiger partial charge in [-0.15, -0.1) is 6.58 Å². The molecule has 0 aliphatic heterocycles. The number of halogens is 2. The highest BCUT2D eigenvalue weighted by Crippen LogP contribution is 2.32. The van der Waals surface area contributed by atoms with Crippen molar-refractivity contribution < 1.29 is 37.7 Å². The van der Waals surface area contributed by atoms with Crippen molar-refractivity contribution in [3.05, 3.63) is 36.4 Å². The number of para-hydroxylation sites is 1. The number of alkyl halides is 2. The van der Waals surface area contributed by atoms with Crippen LogP contribution in [0, 0.1) is 0 Å². The van der Waals surface area contributed by atoms with Gasteiger partial charge in [0.25, 0.3) is 5.91 Å². The first-order valence-electron chi connectivity index (χ1n) is 6.74. The lowest BCUT2D eigenvalue weighted by molar-refractivity contribution is -0.140. The number of methoxy groups -OCH3 is 1. The third kappa shape index (κ3) is 5.51. The zero-order valence-electron chi connectivity index (χ0n) is 12.8. The Kier molecular flexibility index (Phi) is 7.63. The van der Waals surface area contributed by atoms with Crippen LogP contribution in [0.15, 0.2) is 30.9 Å². The van der Waals surface area contributed by atoms with Gasteiger partial charge in [0.1, 0.15) is 0 Å². The normalized spacial score (nSPS) is 11.7. The number of nitrogens with one attached hydrogen (secondary N) is 1. The lowest BCUT2D eigenvalue weighted by Gasteiger charge is -2.17. The Labute approximate surface area is 136 Å². The number of carboxylic acid groups (broad SMARTS) is 1. The van der Waals surface area contributed by atoms with Crippen LogP contribution in [-0.2, 0) is 9.53 Å². The van der Waals surface area contributed by atoms with E-state index in [4.69, 9.17) is 14.6 Å². The first-order chi connectivity index (χ1) is 11.4. The third-order valence-corrected chi connectivity index (χ3v) is 2.77. The van der Waals surface area contributed by atoms with E-state index in [1.165, 1.54) is 31.4 Å². The fourth-order valence-corrected chi connectivity index (χ4v) is 1.75. The quantitative estimate of drug-likeness (QED) is 0.495. The van der Waals surface area contributed by atoms with E-state index in [1.54, 1.807) is 0 Å². The van der Waals surface area contributed by atoms with Gasteiger partial charge in [-0.1, -0.05) is 12.1 Å². The van der Waals surface area contributed by atoms with Gasteiger partial charge in [-0.3, -0.25) is 4.79 Å². The molecule has 1 aromatic rings. The minimum Gasteiger partial charge on any atom is -0.493 e. The van der Waals surface area contributed by atoms with E-state index in [-0.39, 0.29) is 24.5 Å². The molecule has 0 spiro atoms. The second kappa shape index (κ2) is 9.46. The average Bonchev–Trinajstić information content (AvgIpc) is 2.53. The molecule has 1 aromatic carbocycles. The fourth-order valence-electron chi connectivity index (χ4n) is 1.75. The second-order valence-corrected chi connectivity index (χ2v) is 4.41. The molecule has 9 heteroatoms. The van der Waals surface area contributed by atoms with E-state index in [1.807, 2.05) is 0 Å². The smallest absolute Gasteiger partial charge is 0.387 e. The summed E-state index contributed by atoms with van der Waals surface area (Å²) in [5.41, 5.74) is -0.287. The van der Waals surface area contributed by atoms with Crippen LogP contribution in [0.2, 0.25) is 0 Å². The molecule has 132 valence electrons. The molecule has 0 aliphatic carbocycles. The van der Waals surface area contributed by atoms with E-state index in [0.29, 0.717) is 0 Å². The van der Waals surface area contributed by atoms with E-state index in [2.05, 4.69) is 16.6 Å². The number of carboxylic acids is 1. The topological polar surface area (TPSA) is 94.1 Å². The van der Waals surface area contributed by atoms with Gasteiger partial charge < -0.3 is 24.6 Å². The molecule has 0 radical (unpaired) electrons. The monoisotopic (exact) mass is 345 g/mol. The van der Waals surface area contributed by atoms with Crippen molar-refractivity contribution in [1.82, 2.24) is 5.32 Å². The Morgan fingerprint density at radius 2 is 2.12 bits per heavy atom. The molecule has 1 unspecified atom stereocenters. The Morgan fingerprint density at radius 3 is 2.67 bits per heavy atom. The van der Waals surface area contributed by atoms with Gasteiger partial charge in [0.05, 0.1) is 25.9 Å². The molecule has 0 fully saturated rings. The predicted molar refractivity (Wildman–Crippen MR) is 79.5 cm³/mol. The number of ether oxygens (including phenoxy) is 3. The summed E-state index contributed by atoms with van der Waals surface area (Å²) in [4.78, 5) is 23.4. The van der Waals surface area contributed by atoms with Gasteiger partial charge >= 0.3 is 12.6 Å². The Bertz CT molecular complexity index is 593. The van der Waals surface area contributed by atoms with Crippen molar-refractivity contribution in [2.24, 2.45) is 0 Å².